The van der Waals surface area contributed by atoms with Gasteiger partial charge in [-0.2, -0.15) is 0 Å². The molecule has 3 nitrogen and oxygen atoms in total. The van der Waals surface area contributed by atoms with Crippen molar-refractivity contribution in [2.24, 2.45) is 0 Å². The van der Waals surface area contributed by atoms with E-state index in [-0.39, 0.29) is 0 Å². The van der Waals surface area contributed by atoms with Crippen LogP contribution in [0, 0.1) is 6.92 Å². The molecule has 0 aliphatic heterocycles. The van der Waals surface area contributed by atoms with Crippen molar-refractivity contribution in [2.45, 2.75) is 6.92 Å². The van der Waals surface area contributed by atoms with E-state index >= 15 is 0 Å². The third-order valence-corrected chi connectivity index (χ3v) is 3.84. The summed E-state index contributed by atoms with van der Waals surface area (Å²) >= 11 is 3.55. The second-order valence-corrected chi connectivity index (χ2v) is 5.48. The molecule has 2 aromatic carbocycles. The Morgan fingerprint density at radius 1 is 1.10 bits per heavy atom. The van der Waals surface area contributed by atoms with Gasteiger partial charge in [-0.15, -0.1) is 0 Å². The van der Waals surface area contributed by atoms with Crippen LogP contribution in [-0.2, 0) is 0 Å². The van der Waals surface area contributed by atoms with Crippen LogP contribution in [-0.4, -0.2) is 5.16 Å². The molecule has 20 heavy (non-hydrogen) atoms. The highest BCUT2D eigenvalue weighted by Crippen LogP contribution is 2.39. The number of hydrogen-bond acceptors (Lipinski definition) is 3. The average Bonchev–Trinajstić information content (AvgIpc) is 2.84. The van der Waals surface area contributed by atoms with E-state index in [1.165, 1.54) is 0 Å². The van der Waals surface area contributed by atoms with E-state index in [0.29, 0.717) is 11.6 Å². The van der Waals surface area contributed by atoms with Gasteiger partial charge in [-0.25, -0.2) is 0 Å². The highest BCUT2D eigenvalue weighted by molar-refractivity contribution is 9.10. The van der Waals surface area contributed by atoms with E-state index in [2.05, 4.69) is 27.2 Å². The number of anilines is 1. The van der Waals surface area contributed by atoms with Crippen LogP contribution in [0.2, 0.25) is 0 Å². The van der Waals surface area contributed by atoms with E-state index in [1.54, 1.807) is 0 Å². The molecule has 2 N–H and O–H groups in total. The maximum atomic E-state index is 5.98. The molecule has 0 aliphatic carbocycles. The summed E-state index contributed by atoms with van der Waals surface area (Å²) in [4.78, 5) is 0. The Balaban J connectivity index is 2.24. The smallest absolute Gasteiger partial charge is 0.178 e. The number of halogens is 1. The lowest BCUT2D eigenvalue weighted by Crippen LogP contribution is -1.89. The van der Waals surface area contributed by atoms with E-state index in [1.807, 2.05) is 49.4 Å². The number of nitrogens with zero attached hydrogens (tertiary/aromatic N) is 1. The third-order valence-electron chi connectivity index (χ3n) is 3.15. The number of hydrogen-bond donors (Lipinski definition) is 1. The van der Waals surface area contributed by atoms with Crippen LogP contribution in [0.1, 0.15) is 5.56 Å². The van der Waals surface area contributed by atoms with Crippen LogP contribution in [0.4, 0.5) is 5.82 Å². The fraction of sp³-hybridized carbons (Fsp3) is 0.0625. The zero-order chi connectivity index (χ0) is 14.1. The molecule has 3 rings (SSSR count). The topological polar surface area (TPSA) is 52.0 Å². The first kappa shape index (κ1) is 12.9. The summed E-state index contributed by atoms with van der Waals surface area (Å²) in [5.74, 6) is 1.09. The third kappa shape index (κ3) is 2.23. The van der Waals surface area contributed by atoms with E-state index in [0.717, 1.165) is 26.7 Å². The molecule has 0 bridgehead atoms. The van der Waals surface area contributed by atoms with Crippen molar-refractivity contribution in [3.63, 3.8) is 0 Å². The fourth-order valence-electron chi connectivity index (χ4n) is 2.18. The number of nitrogen functional groups attached to an aromatic ring is 1. The molecule has 1 aromatic heterocycles. The second-order valence-electron chi connectivity index (χ2n) is 4.62. The Morgan fingerprint density at radius 3 is 2.60 bits per heavy atom. The maximum Gasteiger partial charge on any atom is 0.178 e. The van der Waals surface area contributed by atoms with Crippen molar-refractivity contribution in [3.05, 3.63) is 58.6 Å². The van der Waals surface area contributed by atoms with Gasteiger partial charge < -0.3 is 10.3 Å². The summed E-state index contributed by atoms with van der Waals surface area (Å²) in [5.41, 5.74) is 9.91. The molecule has 0 saturated heterocycles. The zero-order valence-electron chi connectivity index (χ0n) is 10.9. The second kappa shape index (κ2) is 5.13. The predicted octanol–water partition coefficient (Wildman–Crippen LogP) is 4.66. The lowest BCUT2D eigenvalue weighted by Gasteiger charge is -2.05. The van der Waals surface area contributed by atoms with Crippen LogP contribution in [0.15, 0.2) is 57.5 Å². The van der Waals surface area contributed by atoms with Gasteiger partial charge in [0.1, 0.15) is 0 Å². The summed E-state index contributed by atoms with van der Waals surface area (Å²) in [6, 6.07) is 16.0. The monoisotopic (exact) mass is 328 g/mol. The number of benzene rings is 2. The van der Waals surface area contributed by atoms with Gasteiger partial charge in [0.2, 0.25) is 0 Å². The van der Waals surface area contributed by atoms with Gasteiger partial charge in [0, 0.05) is 10.0 Å². The van der Waals surface area contributed by atoms with Gasteiger partial charge in [-0.1, -0.05) is 63.0 Å². The first-order valence-electron chi connectivity index (χ1n) is 6.24. The van der Waals surface area contributed by atoms with Gasteiger partial charge in [0.15, 0.2) is 11.6 Å². The molecular formula is C16H13BrN2O. The fourth-order valence-corrected chi connectivity index (χ4v) is 2.61. The molecule has 4 heteroatoms. The minimum Gasteiger partial charge on any atom is -0.380 e. The van der Waals surface area contributed by atoms with Crippen molar-refractivity contribution < 1.29 is 4.52 Å². The molecule has 3 aromatic rings. The van der Waals surface area contributed by atoms with Gasteiger partial charge >= 0.3 is 0 Å². The normalized spacial score (nSPS) is 10.7. The van der Waals surface area contributed by atoms with Crippen LogP contribution in [0.5, 0.6) is 0 Å². The van der Waals surface area contributed by atoms with Crippen molar-refractivity contribution in [1.29, 1.82) is 0 Å². The van der Waals surface area contributed by atoms with E-state index in [9.17, 15) is 0 Å². The Bertz CT molecular complexity index is 750. The van der Waals surface area contributed by atoms with Crippen LogP contribution in [0.3, 0.4) is 0 Å². The van der Waals surface area contributed by atoms with E-state index < -0.39 is 0 Å². The van der Waals surface area contributed by atoms with E-state index in [4.69, 9.17) is 10.3 Å². The minimum absolute atomic E-state index is 0.402. The molecule has 0 saturated carbocycles. The predicted molar refractivity (Wildman–Crippen MR) is 84.2 cm³/mol. The summed E-state index contributed by atoms with van der Waals surface area (Å²) in [5, 5.41) is 3.92. The van der Waals surface area contributed by atoms with Crippen molar-refractivity contribution in [2.75, 3.05) is 5.73 Å². The quantitative estimate of drug-likeness (QED) is 0.744. The Morgan fingerprint density at radius 2 is 1.85 bits per heavy atom. The molecule has 100 valence electrons. The van der Waals surface area contributed by atoms with Crippen molar-refractivity contribution >= 4 is 21.7 Å². The molecule has 0 amide bonds. The molecule has 0 atom stereocenters. The number of rotatable bonds is 2. The van der Waals surface area contributed by atoms with Gasteiger partial charge in [0.25, 0.3) is 0 Å². The zero-order valence-corrected chi connectivity index (χ0v) is 12.5. The first-order chi connectivity index (χ1) is 9.66. The lowest BCUT2D eigenvalue weighted by molar-refractivity contribution is 0.436. The molecule has 0 radical (unpaired) electrons. The standard InChI is InChI=1S/C16H13BrN2O/c1-10-7-8-13(17)12(9-10)15-14(16(18)19-20-15)11-5-3-2-4-6-11/h2-9H,1H3,(H2,18,19). The molecular weight excluding hydrogens is 316 g/mol. The van der Waals surface area contributed by atoms with Crippen LogP contribution >= 0.6 is 15.9 Å². The largest absolute Gasteiger partial charge is 0.380 e. The van der Waals surface area contributed by atoms with Crippen molar-refractivity contribution in [1.82, 2.24) is 5.16 Å². The summed E-state index contributed by atoms with van der Waals surface area (Å²) in [6.07, 6.45) is 0. The summed E-state index contributed by atoms with van der Waals surface area (Å²) in [6.45, 7) is 2.04. The highest BCUT2D eigenvalue weighted by atomic mass is 79.9. The average molecular weight is 329 g/mol. The van der Waals surface area contributed by atoms with Gasteiger partial charge in [-0.3, -0.25) is 0 Å². The lowest BCUT2D eigenvalue weighted by atomic mass is 10.0. The van der Waals surface area contributed by atoms with Gasteiger partial charge in [0.05, 0.1) is 5.56 Å². The van der Waals surface area contributed by atoms with Gasteiger partial charge in [-0.05, 0) is 24.6 Å². The number of aryl methyl sites for hydroxylation is 1. The number of nitrogens with two attached hydrogens (primary N) is 1. The van der Waals surface area contributed by atoms with Crippen LogP contribution in [0.25, 0.3) is 22.5 Å². The minimum atomic E-state index is 0.402. The Hall–Kier alpha value is -2.07. The van der Waals surface area contributed by atoms with Crippen LogP contribution < -0.4 is 5.73 Å². The SMILES string of the molecule is Cc1ccc(Br)c(-c2onc(N)c2-c2ccccc2)c1. The molecule has 0 unspecified atom stereocenters. The molecule has 0 spiro atoms. The summed E-state index contributed by atoms with van der Waals surface area (Å²) in [7, 11) is 0. The summed E-state index contributed by atoms with van der Waals surface area (Å²) < 4.78 is 6.42. The number of aromatic nitrogens is 1. The first-order valence-corrected chi connectivity index (χ1v) is 7.03. The maximum absolute atomic E-state index is 5.98. The molecule has 1 heterocycles. The highest BCUT2D eigenvalue weighted by Gasteiger charge is 2.19. The Labute approximate surface area is 125 Å². The molecule has 0 aliphatic rings. The molecule has 0 fully saturated rings. The Kier molecular flexibility index (Phi) is 3.32. The van der Waals surface area contributed by atoms with Crippen molar-refractivity contribution in [3.8, 4) is 22.5 Å².